The summed E-state index contributed by atoms with van der Waals surface area (Å²) < 4.78 is 10.7. The van der Waals surface area contributed by atoms with Gasteiger partial charge in [0.1, 0.15) is 11.5 Å². The van der Waals surface area contributed by atoms with Gasteiger partial charge in [-0.2, -0.15) is 0 Å². The number of hydrogen-bond acceptors (Lipinski definition) is 4. The molecule has 1 aromatic rings. The van der Waals surface area contributed by atoms with Crippen molar-refractivity contribution >= 4 is 0 Å². The summed E-state index contributed by atoms with van der Waals surface area (Å²) in [7, 11) is 3.35. The summed E-state index contributed by atoms with van der Waals surface area (Å²) in [6.07, 6.45) is 2.23. The van der Waals surface area contributed by atoms with Crippen LogP contribution < -0.4 is 20.5 Å². The number of benzene rings is 1. The van der Waals surface area contributed by atoms with Crippen molar-refractivity contribution in [2.24, 2.45) is 11.7 Å². The van der Waals surface area contributed by atoms with Gasteiger partial charge in [0.25, 0.3) is 0 Å². The summed E-state index contributed by atoms with van der Waals surface area (Å²) in [6.45, 7) is 2.09. The van der Waals surface area contributed by atoms with Crippen molar-refractivity contribution in [2.75, 3.05) is 27.3 Å². The second-order valence-electron chi connectivity index (χ2n) is 4.72. The van der Waals surface area contributed by atoms with E-state index in [0.717, 1.165) is 43.0 Å². The number of piperidine rings is 1. The summed E-state index contributed by atoms with van der Waals surface area (Å²) in [6, 6.07) is 5.83. The molecule has 0 aliphatic carbocycles. The molecule has 0 unspecified atom stereocenters. The Morgan fingerprint density at radius 3 is 2.56 bits per heavy atom. The van der Waals surface area contributed by atoms with E-state index in [1.807, 2.05) is 18.2 Å². The van der Waals surface area contributed by atoms with Crippen molar-refractivity contribution in [1.82, 2.24) is 5.32 Å². The molecule has 3 N–H and O–H groups in total. The Hall–Kier alpha value is -1.26. The third kappa shape index (κ3) is 2.76. The first-order valence-corrected chi connectivity index (χ1v) is 6.44. The van der Waals surface area contributed by atoms with Gasteiger partial charge in [0.05, 0.1) is 14.2 Å². The quantitative estimate of drug-likeness (QED) is 0.854. The molecule has 1 heterocycles. The Bertz CT molecular complexity index is 389. The first-order valence-electron chi connectivity index (χ1n) is 6.44. The molecule has 0 aromatic heterocycles. The van der Waals surface area contributed by atoms with Crippen LogP contribution in [0.1, 0.15) is 24.4 Å². The van der Waals surface area contributed by atoms with E-state index in [9.17, 15) is 0 Å². The monoisotopic (exact) mass is 250 g/mol. The van der Waals surface area contributed by atoms with Crippen LogP contribution in [0.5, 0.6) is 11.5 Å². The van der Waals surface area contributed by atoms with Crippen LogP contribution in [0.2, 0.25) is 0 Å². The molecule has 1 atom stereocenters. The van der Waals surface area contributed by atoms with Crippen molar-refractivity contribution in [1.29, 1.82) is 0 Å². The van der Waals surface area contributed by atoms with Crippen LogP contribution in [0.3, 0.4) is 0 Å². The van der Waals surface area contributed by atoms with Gasteiger partial charge < -0.3 is 20.5 Å². The van der Waals surface area contributed by atoms with E-state index in [1.165, 1.54) is 0 Å². The van der Waals surface area contributed by atoms with Gasteiger partial charge in [0.15, 0.2) is 0 Å². The van der Waals surface area contributed by atoms with E-state index < -0.39 is 0 Å². The number of nitrogens with one attached hydrogen (secondary N) is 1. The maximum atomic E-state index is 6.41. The van der Waals surface area contributed by atoms with E-state index in [0.29, 0.717) is 5.92 Å². The van der Waals surface area contributed by atoms with Gasteiger partial charge in [-0.1, -0.05) is 0 Å². The summed E-state index contributed by atoms with van der Waals surface area (Å²) >= 11 is 0. The highest BCUT2D eigenvalue weighted by Gasteiger charge is 2.24. The lowest BCUT2D eigenvalue weighted by atomic mass is 9.86. The zero-order valence-electron chi connectivity index (χ0n) is 11.1. The van der Waals surface area contributed by atoms with Crippen molar-refractivity contribution in [3.05, 3.63) is 23.8 Å². The molecule has 1 aliphatic heterocycles. The standard InChI is InChI=1S/C14H22N2O2/c1-17-11-3-4-13(18-2)12(9-11)14(15)10-5-7-16-8-6-10/h3-4,9-10,14,16H,5-8,15H2,1-2H3/t14-/m1/s1. The largest absolute Gasteiger partial charge is 0.497 e. The van der Waals surface area contributed by atoms with Gasteiger partial charge in [-0.25, -0.2) is 0 Å². The molecule has 18 heavy (non-hydrogen) atoms. The topological polar surface area (TPSA) is 56.5 Å². The van der Waals surface area contributed by atoms with Crippen LogP contribution in [0.25, 0.3) is 0 Å². The van der Waals surface area contributed by atoms with Crippen molar-refractivity contribution in [3.63, 3.8) is 0 Å². The Labute approximate surface area is 108 Å². The first kappa shape index (κ1) is 13.2. The van der Waals surface area contributed by atoms with Gasteiger partial charge in [-0.05, 0) is 50.0 Å². The maximum Gasteiger partial charge on any atom is 0.123 e. The first-order chi connectivity index (χ1) is 8.76. The van der Waals surface area contributed by atoms with E-state index in [1.54, 1.807) is 14.2 Å². The summed E-state index contributed by atoms with van der Waals surface area (Å²) in [5, 5.41) is 3.36. The van der Waals surface area contributed by atoms with Crippen LogP contribution in [-0.2, 0) is 0 Å². The minimum absolute atomic E-state index is 0.0112. The fraction of sp³-hybridized carbons (Fsp3) is 0.571. The molecule has 1 aromatic carbocycles. The van der Waals surface area contributed by atoms with Crippen LogP contribution in [0.15, 0.2) is 18.2 Å². The number of methoxy groups -OCH3 is 2. The lowest BCUT2D eigenvalue weighted by Crippen LogP contribution is -2.33. The molecule has 4 nitrogen and oxygen atoms in total. The molecule has 0 amide bonds. The molecule has 0 bridgehead atoms. The Morgan fingerprint density at radius 1 is 1.22 bits per heavy atom. The molecule has 4 heteroatoms. The van der Waals surface area contributed by atoms with Crippen molar-refractivity contribution < 1.29 is 9.47 Å². The molecule has 0 spiro atoms. The van der Waals surface area contributed by atoms with Crippen LogP contribution in [0, 0.1) is 5.92 Å². The minimum Gasteiger partial charge on any atom is -0.497 e. The fourth-order valence-corrected chi connectivity index (χ4v) is 2.56. The average molecular weight is 250 g/mol. The smallest absolute Gasteiger partial charge is 0.123 e. The number of nitrogens with two attached hydrogens (primary N) is 1. The molecule has 2 rings (SSSR count). The number of ether oxygens (including phenoxy) is 2. The second-order valence-corrected chi connectivity index (χ2v) is 4.72. The van der Waals surface area contributed by atoms with E-state index in [2.05, 4.69) is 5.32 Å². The zero-order valence-corrected chi connectivity index (χ0v) is 11.1. The highest BCUT2D eigenvalue weighted by atomic mass is 16.5. The molecule has 100 valence electrons. The van der Waals surface area contributed by atoms with Crippen LogP contribution in [-0.4, -0.2) is 27.3 Å². The van der Waals surface area contributed by atoms with Gasteiger partial charge in [0, 0.05) is 11.6 Å². The van der Waals surface area contributed by atoms with Gasteiger partial charge in [-0.15, -0.1) is 0 Å². The summed E-state index contributed by atoms with van der Waals surface area (Å²) in [4.78, 5) is 0. The third-order valence-corrected chi connectivity index (χ3v) is 3.69. The number of rotatable bonds is 4. The molecule has 1 saturated heterocycles. The highest BCUT2D eigenvalue weighted by Crippen LogP contribution is 2.34. The third-order valence-electron chi connectivity index (χ3n) is 3.69. The normalized spacial score (nSPS) is 18.4. The highest BCUT2D eigenvalue weighted by molar-refractivity contribution is 5.42. The van der Waals surface area contributed by atoms with Crippen molar-refractivity contribution in [3.8, 4) is 11.5 Å². The average Bonchev–Trinajstić information content (AvgIpc) is 2.46. The van der Waals surface area contributed by atoms with E-state index in [4.69, 9.17) is 15.2 Å². The Kier molecular flexibility index (Phi) is 4.44. The summed E-state index contributed by atoms with van der Waals surface area (Å²) in [5.41, 5.74) is 7.45. The fourth-order valence-electron chi connectivity index (χ4n) is 2.56. The maximum absolute atomic E-state index is 6.41. The minimum atomic E-state index is 0.0112. The molecule has 0 radical (unpaired) electrons. The molecule has 1 aliphatic rings. The van der Waals surface area contributed by atoms with E-state index >= 15 is 0 Å². The predicted octanol–water partition coefficient (Wildman–Crippen LogP) is 1.70. The molecular formula is C14H22N2O2. The van der Waals surface area contributed by atoms with Gasteiger partial charge in [-0.3, -0.25) is 0 Å². The zero-order chi connectivity index (χ0) is 13.0. The van der Waals surface area contributed by atoms with Crippen LogP contribution >= 0.6 is 0 Å². The molecule has 0 saturated carbocycles. The molecule has 1 fully saturated rings. The SMILES string of the molecule is COc1ccc(OC)c([C@H](N)C2CCNCC2)c1. The van der Waals surface area contributed by atoms with Gasteiger partial charge >= 0.3 is 0 Å². The lowest BCUT2D eigenvalue weighted by molar-refractivity contribution is 0.312. The number of hydrogen-bond donors (Lipinski definition) is 2. The molecular weight excluding hydrogens is 228 g/mol. The summed E-state index contributed by atoms with van der Waals surface area (Å²) in [5.74, 6) is 2.18. The second kappa shape index (κ2) is 6.07. The Balaban J connectivity index is 2.23. The predicted molar refractivity (Wildman–Crippen MR) is 72.1 cm³/mol. The van der Waals surface area contributed by atoms with Crippen molar-refractivity contribution in [2.45, 2.75) is 18.9 Å². The van der Waals surface area contributed by atoms with Crippen LogP contribution in [0.4, 0.5) is 0 Å². The van der Waals surface area contributed by atoms with E-state index in [-0.39, 0.29) is 6.04 Å². The van der Waals surface area contributed by atoms with Gasteiger partial charge in [0.2, 0.25) is 0 Å². The lowest BCUT2D eigenvalue weighted by Gasteiger charge is -2.29. The Morgan fingerprint density at radius 2 is 1.94 bits per heavy atom.